The topological polar surface area (TPSA) is 74.6 Å². The average molecular weight is 387 g/mol. The van der Waals surface area contributed by atoms with E-state index in [-0.39, 0.29) is 5.41 Å². The Kier molecular flexibility index (Phi) is 3.39. The summed E-state index contributed by atoms with van der Waals surface area (Å²) in [6, 6.07) is 0. The molecule has 0 amide bonds. The van der Waals surface area contributed by atoms with Gasteiger partial charge in [0.25, 0.3) is 0 Å². The summed E-state index contributed by atoms with van der Waals surface area (Å²) in [4.78, 5) is 24.6. The highest BCUT2D eigenvalue weighted by Gasteiger charge is 2.68. The molecule has 4 heteroatoms. The molecule has 8 aliphatic carbocycles. The molecule has 8 rings (SSSR count). The maximum absolute atomic E-state index is 12.3. The second-order valence-electron chi connectivity index (χ2n) is 12.6. The highest BCUT2D eigenvalue weighted by Crippen LogP contribution is 2.72. The average Bonchev–Trinajstić information content (AvgIpc) is 2.58. The summed E-state index contributed by atoms with van der Waals surface area (Å²) in [7, 11) is 0. The molecule has 154 valence electrons. The maximum Gasteiger partial charge on any atom is 0.309 e. The van der Waals surface area contributed by atoms with Crippen LogP contribution in [0.25, 0.3) is 0 Å². The Morgan fingerprint density at radius 2 is 1.04 bits per heavy atom. The molecule has 0 aromatic carbocycles. The lowest BCUT2D eigenvalue weighted by Gasteiger charge is -2.65. The van der Waals surface area contributed by atoms with Gasteiger partial charge in [-0.15, -0.1) is 0 Å². The Hall–Kier alpha value is -1.06. The lowest BCUT2D eigenvalue weighted by Crippen LogP contribution is -2.61. The van der Waals surface area contributed by atoms with E-state index >= 15 is 0 Å². The van der Waals surface area contributed by atoms with Crippen molar-refractivity contribution in [2.75, 3.05) is 0 Å². The zero-order valence-electron chi connectivity index (χ0n) is 16.9. The predicted molar refractivity (Wildman–Crippen MR) is 104 cm³/mol. The van der Waals surface area contributed by atoms with Gasteiger partial charge in [-0.25, -0.2) is 0 Å². The van der Waals surface area contributed by atoms with Gasteiger partial charge in [-0.2, -0.15) is 0 Å². The fourth-order valence-electron chi connectivity index (χ4n) is 10.5. The summed E-state index contributed by atoms with van der Waals surface area (Å²) in [5.74, 6) is 1.69. The van der Waals surface area contributed by atoms with Gasteiger partial charge >= 0.3 is 11.9 Å². The van der Waals surface area contributed by atoms with E-state index in [1.165, 1.54) is 44.9 Å². The van der Waals surface area contributed by atoms with E-state index in [2.05, 4.69) is 0 Å². The van der Waals surface area contributed by atoms with Crippen LogP contribution in [0.2, 0.25) is 0 Å². The lowest BCUT2D eigenvalue weighted by atomic mass is 9.38. The molecule has 0 saturated heterocycles. The van der Waals surface area contributed by atoms with Gasteiger partial charge in [0.05, 0.1) is 10.8 Å². The van der Waals surface area contributed by atoms with E-state index in [1.54, 1.807) is 0 Å². The van der Waals surface area contributed by atoms with Gasteiger partial charge in [0.1, 0.15) is 0 Å². The van der Waals surface area contributed by atoms with Crippen LogP contribution in [-0.2, 0) is 9.59 Å². The molecule has 8 fully saturated rings. The van der Waals surface area contributed by atoms with Gasteiger partial charge in [0.15, 0.2) is 0 Å². The van der Waals surface area contributed by atoms with Crippen LogP contribution in [0.3, 0.4) is 0 Å². The van der Waals surface area contributed by atoms with Gasteiger partial charge in [-0.05, 0) is 124 Å². The van der Waals surface area contributed by atoms with E-state index in [9.17, 15) is 19.8 Å². The van der Waals surface area contributed by atoms with Crippen LogP contribution in [0, 0.1) is 45.3 Å². The normalized spacial score (nSPS) is 55.6. The minimum atomic E-state index is -0.765. The van der Waals surface area contributed by atoms with Crippen molar-refractivity contribution in [1.82, 2.24) is 0 Å². The molecular formula is C24H34O4. The number of hydrogen-bond acceptors (Lipinski definition) is 2. The number of aliphatic carboxylic acids is 2. The van der Waals surface area contributed by atoms with Crippen LogP contribution in [0.5, 0.6) is 0 Å². The van der Waals surface area contributed by atoms with Crippen molar-refractivity contribution in [3.05, 3.63) is 0 Å². The van der Waals surface area contributed by atoms with Crippen molar-refractivity contribution in [2.45, 2.75) is 89.9 Å². The van der Waals surface area contributed by atoms with E-state index in [0.717, 1.165) is 56.3 Å². The first-order valence-electron chi connectivity index (χ1n) is 11.7. The highest BCUT2D eigenvalue weighted by molar-refractivity contribution is 5.81. The van der Waals surface area contributed by atoms with Gasteiger partial charge in [0, 0.05) is 0 Å². The van der Waals surface area contributed by atoms with Gasteiger partial charge in [-0.1, -0.05) is 0 Å². The molecule has 8 bridgehead atoms. The van der Waals surface area contributed by atoms with Gasteiger partial charge in [0.2, 0.25) is 0 Å². The summed E-state index contributed by atoms with van der Waals surface area (Å²) >= 11 is 0. The first-order chi connectivity index (χ1) is 13.2. The van der Waals surface area contributed by atoms with Crippen molar-refractivity contribution >= 4 is 11.9 Å². The summed E-state index contributed by atoms with van der Waals surface area (Å²) < 4.78 is 0. The monoisotopic (exact) mass is 386 g/mol. The fraction of sp³-hybridized carbons (Fsp3) is 0.917. The molecule has 8 aliphatic rings. The molecular weight excluding hydrogens is 352 g/mol. The van der Waals surface area contributed by atoms with Crippen LogP contribution >= 0.6 is 0 Å². The molecule has 0 aliphatic heterocycles. The van der Waals surface area contributed by atoms with E-state index in [4.69, 9.17) is 0 Å². The Labute approximate surface area is 167 Å². The smallest absolute Gasteiger partial charge is 0.309 e. The third-order valence-corrected chi connectivity index (χ3v) is 10.4. The van der Waals surface area contributed by atoms with Crippen LogP contribution < -0.4 is 0 Å². The third-order valence-electron chi connectivity index (χ3n) is 10.4. The van der Waals surface area contributed by atoms with Crippen molar-refractivity contribution in [1.29, 1.82) is 0 Å². The molecule has 0 heterocycles. The molecule has 2 atom stereocenters. The SMILES string of the molecule is O=C(O)C12CC3CC(CCC45CC6CC(CC(C6)C4)C5)(C1)CC(C(=O)O)(C3)C2. The maximum atomic E-state index is 12.3. The second-order valence-corrected chi connectivity index (χ2v) is 12.6. The van der Waals surface area contributed by atoms with Crippen LogP contribution in [-0.4, -0.2) is 22.2 Å². The van der Waals surface area contributed by atoms with Crippen molar-refractivity contribution in [2.24, 2.45) is 45.3 Å². The number of carboxylic acids is 2. The Bertz CT molecular complexity index is 674. The third kappa shape index (κ3) is 2.35. The van der Waals surface area contributed by atoms with E-state index < -0.39 is 22.8 Å². The van der Waals surface area contributed by atoms with Crippen LogP contribution in [0.1, 0.15) is 89.9 Å². The Morgan fingerprint density at radius 1 is 0.607 bits per heavy atom. The van der Waals surface area contributed by atoms with Crippen molar-refractivity contribution in [3.63, 3.8) is 0 Å². The Morgan fingerprint density at radius 3 is 1.50 bits per heavy atom. The zero-order chi connectivity index (χ0) is 19.4. The predicted octanol–water partition coefficient (Wildman–Crippen LogP) is 5.11. The molecule has 0 radical (unpaired) electrons. The number of carbonyl (C=O) groups is 2. The largest absolute Gasteiger partial charge is 0.481 e. The molecule has 2 N–H and O–H groups in total. The van der Waals surface area contributed by atoms with Gasteiger partial charge < -0.3 is 10.2 Å². The standard InChI is InChI=1S/C24H34O4/c25-19(26)23-10-18-9-22(12-23,13-24(11-18,14-23)20(27)28)2-1-21-6-15-3-16(7-21)5-17(4-15)8-21/h15-18H,1-14H2,(H,25,26)(H,27,28). The molecule has 8 saturated carbocycles. The van der Waals surface area contributed by atoms with E-state index in [1.807, 2.05) is 0 Å². The minimum Gasteiger partial charge on any atom is -0.481 e. The summed E-state index contributed by atoms with van der Waals surface area (Å²) in [6.45, 7) is 0. The molecule has 2 unspecified atom stereocenters. The molecule has 28 heavy (non-hydrogen) atoms. The molecule has 4 nitrogen and oxygen atoms in total. The molecule has 0 aromatic rings. The summed E-state index contributed by atoms with van der Waals surface area (Å²) in [5, 5.41) is 20.2. The first-order valence-corrected chi connectivity index (χ1v) is 11.7. The highest BCUT2D eigenvalue weighted by atomic mass is 16.4. The second kappa shape index (κ2) is 5.35. The summed E-state index contributed by atoms with van der Waals surface area (Å²) in [6.07, 6.45) is 15.3. The Balaban J connectivity index is 1.28. The zero-order valence-corrected chi connectivity index (χ0v) is 16.9. The van der Waals surface area contributed by atoms with Crippen LogP contribution in [0.4, 0.5) is 0 Å². The van der Waals surface area contributed by atoms with Crippen molar-refractivity contribution < 1.29 is 19.8 Å². The number of hydrogen-bond donors (Lipinski definition) is 2. The number of rotatable bonds is 5. The van der Waals surface area contributed by atoms with Crippen molar-refractivity contribution in [3.8, 4) is 0 Å². The van der Waals surface area contributed by atoms with Crippen LogP contribution in [0.15, 0.2) is 0 Å². The minimum absolute atomic E-state index is 0.0282. The summed E-state index contributed by atoms with van der Waals surface area (Å²) in [5.41, 5.74) is -1.05. The van der Waals surface area contributed by atoms with Gasteiger partial charge in [-0.3, -0.25) is 9.59 Å². The quantitative estimate of drug-likeness (QED) is 0.688. The van der Waals surface area contributed by atoms with E-state index in [0.29, 0.717) is 17.8 Å². The molecule has 0 aromatic heterocycles. The first kappa shape index (κ1) is 17.8. The number of carboxylic acid groups (broad SMARTS) is 2. The molecule has 0 spiro atoms. The fourth-order valence-corrected chi connectivity index (χ4v) is 10.5. The lowest BCUT2D eigenvalue weighted by molar-refractivity contribution is -0.204.